The van der Waals surface area contributed by atoms with Crippen LogP contribution in [0.3, 0.4) is 0 Å². The lowest BCUT2D eigenvalue weighted by Gasteiger charge is -2.32. The smallest absolute Gasteiger partial charge is 0.111 e. The van der Waals surface area contributed by atoms with E-state index in [0.717, 1.165) is 38.2 Å². The summed E-state index contributed by atoms with van der Waals surface area (Å²) in [5.74, 6) is 1.95. The van der Waals surface area contributed by atoms with E-state index >= 15 is 0 Å². The molecule has 1 saturated heterocycles. The predicted octanol–water partition coefficient (Wildman–Crippen LogP) is 4.90. The SMILES string of the molecule is Cc1ccc([C@H](CCN[C@@H]2CCO[C@@H](C(C)C)C2)c2ccco2)cc1. The van der Waals surface area contributed by atoms with Gasteiger partial charge in [0.25, 0.3) is 0 Å². The van der Waals surface area contributed by atoms with Crippen LogP contribution in [0.2, 0.25) is 0 Å². The Bertz CT molecular complexity index is 618. The average molecular weight is 341 g/mol. The van der Waals surface area contributed by atoms with Gasteiger partial charge < -0.3 is 14.5 Å². The standard InChI is InChI=1S/C22H31NO2/c1-16(2)22-15-19(11-14-25-22)23-12-10-20(21-5-4-13-24-21)18-8-6-17(3)7-9-18/h4-9,13,16,19-20,22-23H,10-12,14-15H2,1-3H3/t19-,20+,22-/m1/s1. The Kier molecular flexibility index (Phi) is 6.33. The quantitative estimate of drug-likeness (QED) is 0.777. The second-order valence-corrected chi connectivity index (χ2v) is 7.60. The van der Waals surface area contributed by atoms with Gasteiger partial charge in [-0.3, -0.25) is 0 Å². The fraction of sp³-hybridized carbons (Fsp3) is 0.545. The highest BCUT2D eigenvalue weighted by Gasteiger charge is 2.25. The number of nitrogens with one attached hydrogen (secondary N) is 1. The van der Waals surface area contributed by atoms with Gasteiger partial charge in [-0.2, -0.15) is 0 Å². The minimum absolute atomic E-state index is 0.309. The van der Waals surface area contributed by atoms with Gasteiger partial charge >= 0.3 is 0 Å². The Labute approximate surface area is 151 Å². The molecule has 2 aromatic rings. The number of rotatable bonds is 7. The predicted molar refractivity (Wildman–Crippen MR) is 102 cm³/mol. The van der Waals surface area contributed by atoms with E-state index in [1.165, 1.54) is 11.1 Å². The minimum atomic E-state index is 0.309. The highest BCUT2D eigenvalue weighted by atomic mass is 16.5. The molecule has 0 unspecified atom stereocenters. The van der Waals surface area contributed by atoms with Crippen LogP contribution in [0.25, 0.3) is 0 Å². The summed E-state index contributed by atoms with van der Waals surface area (Å²) in [6.45, 7) is 8.49. The molecule has 1 aromatic carbocycles. The summed E-state index contributed by atoms with van der Waals surface area (Å²) in [5, 5.41) is 3.76. The monoisotopic (exact) mass is 341 g/mol. The van der Waals surface area contributed by atoms with Crippen LogP contribution in [-0.4, -0.2) is 25.3 Å². The lowest BCUT2D eigenvalue weighted by Crippen LogP contribution is -2.41. The van der Waals surface area contributed by atoms with Crippen molar-refractivity contribution in [3.8, 4) is 0 Å². The van der Waals surface area contributed by atoms with E-state index in [1.54, 1.807) is 6.26 Å². The first-order valence-electron chi connectivity index (χ1n) is 9.58. The summed E-state index contributed by atoms with van der Waals surface area (Å²) in [4.78, 5) is 0. The van der Waals surface area contributed by atoms with Crippen molar-refractivity contribution in [3.63, 3.8) is 0 Å². The molecule has 25 heavy (non-hydrogen) atoms. The normalized spacial score (nSPS) is 22.2. The van der Waals surface area contributed by atoms with Crippen molar-refractivity contribution in [2.75, 3.05) is 13.2 Å². The minimum Gasteiger partial charge on any atom is -0.469 e. The highest BCUT2D eigenvalue weighted by Crippen LogP contribution is 2.28. The molecule has 0 amide bonds. The van der Waals surface area contributed by atoms with Crippen LogP contribution < -0.4 is 5.32 Å². The maximum atomic E-state index is 5.88. The second-order valence-electron chi connectivity index (χ2n) is 7.60. The fourth-order valence-electron chi connectivity index (χ4n) is 3.67. The first-order chi connectivity index (χ1) is 12.1. The number of hydrogen-bond donors (Lipinski definition) is 1. The average Bonchev–Trinajstić information content (AvgIpc) is 3.14. The number of hydrogen-bond acceptors (Lipinski definition) is 3. The second kappa shape index (κ2) is 8.68. The molecule has 0 aliphatic carbocycles. The third-order valence-corrected chi connectivity index (χ3v) is 5.29. The van der Waals surface area contributed by atoms with E-state index in [2.05, 4.69) is 56.4 Å². The Hall–Kier alpha value is -1.58. The summed E-state index contributed by atoms with van der Waals surface area (Å²) in [6.07, 6.45) is 5.44. The molecule has 1 aromatic heterocycles. The molecule has 0 saturated carbocycles. The van der Waals surface area contributed by atoms with Gasteiger partial charge in [0.15, 0.2) is 0 Å². The topological polar surface area (TPSA) is 34.4 Å². The number of ether oxygens (including phenoxy) is 1. The Balaban J connectivity index is 1.59. The van der Waals surface area contributed by atoms with Crippen LogP contribution in [0.1, 0.15) is 55.9 Å². The van der Waals surface area contributed by atoms with Crippen molar-refractivity contribution in [1.29, 1.82) is 0 Å². The maximum absolute atomic E-state index is 5.88. The Morgan fingerprint density at radius 2 is 1.96 bits per heavy atom. The Morgan fingerprint density at radius 3 is 2.64 bits per heavy atom. The first-order valence-corrected chi connectivity index (χ1v) is 9.58. The molecule has 0 bridgehead atoms. The van der Waals surface area contributed by atoms with Crippen LogP contribution >= 0.6 is 0 Å². The van der Waals surface area contributed by atoms with Gasteiger partial charge in [0.1, 0.15) is 5.76 Å². The van der Waals surface area contributed by atoms with E-state index < -0.39 is 0 Å². The fourth-order valence-corrected chi connectivity index (χ4v) is 3.67. The summed E-state index contributed by atoms with van der Waals surface area (Å²) < 4.78 is 11.6. The highest BCUT2D eigenvalue weighted by molar-refractivity contribution is 5.30. The van der Waals surface area contributed by atoms with Crippen molar-refractivity contribution >= 4 is 0 Å². The van der Waals surface area contributed by atoms with Gasteiger partial charge in [-0.25, -0.2) is 0 Å². The largest absolute Gasteiger partial charge is 0.469 e. The molecule has 136 valence electrons. The zero-order valence-corrected chi connectivity index (χ0v) is 15.7. The molecule has 1 fully saturated rings. The molecule has 3 heteroatoms. The van der Waals surface area contributed by atoms with Gasteiger partial charge in [-0.15, -0.1) is 0 Å². The van der Waals surface area contributed by atoms with E-state index in [4.69, 9.17) is 9.15 Å². The van der Waals surface area contributed by atoms with E-state index in [-0.39, 0.29) is 0 Å². The number of benzene rings is 1. The lowest BCUT2D eigenvalue weighted by atomic mass is 9.91. The molecule has 2 heterocycles. The van der Waals surface area contributed by atoms with E-state index in [1.807, 2.05) is 6.07 Å². The summed E-state index contributed by atoms with van der Waals surface area (Å²) in [7, 11) is 0. The maximum Gasteiger partial charge on any atom is 0.111 e. The van der Waals surface area contributed by atoms with Crippen molar-refractivity contribution < 1.29 is 9.15 Å². The van der Waals surface area contributed by atoms with E-state index in [0.29, 0.717) is 24.0 Å². The van der Waals surface area contributed by atoms with Gasteiger partial charge in [0, 0.05) is 18.6 Å². The van der Waals surface area contributed by atoms with Crippen LogP contribution in [0, 0.1) is 12.8 Å². The molecule has 3 nitrogen and oxygen atoms in total. The van der Waals surface area contributed by atoms with Crippen LogP contribution in [0.5, 0.6) is 0 Å². The molecular formula is C22H31NO2. The van der Waals surface area contributed by atoms with Crippen LogP contribution in [0.15, 0.2) is 47.1 Å². The molecule has 3 rings (SSSR count). The number of aryl methyl sites for hydroxylation is 1. The Morgan fingerprint density at radius 1 is 1.16 bits per heavy atom. The van der Waals surface area contributed by atoms with Gasteiger partial charge in [0.05, 0.1) is 12.4 Å². The zero-order chi connectivity index (χ0) is 17.6. The molecule has 1 N–H and O–H groups in total. The van der Waals surface area contributed by atoms with Crippen molar-refractivity contribution in [2.24, 2.45) is 5.92 Å². The first kappa shape index (κ1) is 18.2. The van der Waals surface area contributed by atoms with Crippen LogP contribution in [0.4, 0.5) is 0 Å². The molecule has 1 aliphatic heterocycles. The van der Waals surface area contributed by atoms with Crippen molar-refractivity contribution in [2.45, 2.75) is 58.1 Å². The van der Waals surface area contributed by atoms with E-state index in [9.17, 15) is 0 Å². The van der Waals surface area contributed by atoms with Gasteiger partial charge in [-0.05, 0) is 56.3 Å². The third kappa shape index (κ3) is 4.96. The molecule has 0 radical (unpaired) electrons. The third-order valence-electron chi connectivity index (χ3n) is 5.29. The molecule has 3 atom stereocenters. The molecule has 0 spiro atoms. The zero-order valence-electron chi connectivity index (χ0n) is 15.7. The summed E-state index contributed by atoms with van der Waals surface area (Å²) in [5.41, 5.74) is 2.62. The molecular weight excluding hydrogens is 310 g/mol. The van der Waals surface area contributed by atoms with Crippen LogP contribution in [-0.2, 0) is 4.74 Å². The lowest BCUT2D eigenvalue weighted by molar-refractivity contribution is -0.0243. The molecule has 1 aliphatic rings. The summed E-state index contributed by atoms with van der Waals surface area (Å²) >= 11 is 0. The summed E-state index contributed by atoms with van der Waals surface area (Å²) in [6, 6.07) is 13.5. The number of furan rings is 1. The van der Waals surface area contributed by atoms with Gasteiger partial charge in [-0.1, -0.05) is 43.7 Å². The van der Waals surface area contributed by atoms with Crippen molar-refractivity contribution in [1.82, 2.24) is 5.32 Å². The van der Waals surface area contributed by atoms with Crippen molar-refractivity contribution in [3.05, 3.63) is 59.5 Å². The van der Waals surface area contributed by atoms with Gasteiger partial charge in [0.2, 0.25) is 0 Å².